The fourth-order valence-corrected chi connectivity index (χ4v) is 2.43. The van der Waals surface area contributed by atoms with Gasteiger partial charge in [-0.05, 0) is 25.7 Å². The van der Waals surface area contributed by atoms with Gasteiger partial charge in [-0.2, -0.15) is 5.26 Å². The second-order valence-corrected chi connectivity index (χ2v) is 5.33. The topological polar surface area (TPSA) is 76.4 Å². The molecular formula is C15H25NO4. The molecule has 0 aromatic heterocycles. The molecule has 0 aliphatic heterocycles. The van der Waals surface area contributed by atoms with Gasteiger partial charge in [0, 0.05) is 0 Å². The van der Waals surface area contributed by atoms with Crippen LogP contribution < -0.4 is 0 Å². The molecule has 0 aromatic carbocycles. The first kappa shape index (κ1) is 18.4. The molecule has 0 fully saturated rings. The van der Waals surface area contributed by atoms with Crippen LogP contribution in [0.5, 0.6) is 0 Å². The number of hydrogen-bond acceptors (Lipinski definition) is 5. The molecule has 0 saturated carbocycles. The van der Waals surface area contributed by atoms with E-state index in [9.17, 15) is 14.9 Å². The van der Waals surface area contributed by atoms with Crippen LogP contribution in [0.2, 0.25) is 0 Å². The van der Waals surface area contributed by atoms with Crippen LogP contribution in [0.15, 0.2) is 0 Å². The molecule has 2 atom stereocenters. The van der Waals surface area contributed by atoms with Crippen molar-refractivity contribution < 1.29 is 19.1 Å². The molecule has 0 rings (SSSR count). The summed E-state index contributed by atoms with van der Waals surface area (Å²) in [6.45, 7) is 10.8. The van der Waals surface area contributed by atoms with E-state index in [1.165, 1.54) is 0 Å². The van der Waals surface area contributed by atoms with Crippen molar-refractivity contribution in [2.24, 2.45) is 23.2 Å². The summed E-state index contributed by atoms with van der Waals surface area (Å²) < 4.78 is 10.1. The maximum atomic E-state index is 12.3. The number of rotatable bonds is 7. The molecule has 0 spiro atoms. The Labute approximate surface area is 121 Å². The summed E-state index contributed by atoms with van der Waals surface area (Å²) in [6, 6.07) is 2.04. The minimum absolute atomic E-state index is 0.169. The number of ether oxygens (including phenoxy) is 2. The van der Waals surface area contributed by atoms with Gasteiger partial charge in [0.05, 0.1) is 25.2 Å². The van der Waals surface area contributed by atoms with Crippen LogP contribution in [0, 0.1) is 34.5 Å². The van der Waals surface area contributed by atoms with Crippen molar-refractivity contribution in [3.63, 3.8) is 0 Å². The summed E-state index contributed by atoms with van der Waals surface area (Å²) in [5, 5.41) is 9.62. The Kier molecular flexibility index (Phi) is 7.26. The maximum Gasteiger partial charge on any atom is 0.327 e. The summed E-state index contributed by atoms with van der Waals surface area (Å²) in [4.78, 5) is 24.6. The largest absolute Gasteiger partial charge is 0.466 e. The number of nitrogens with zero attached hydrogens (tertiary/aromatic N) is 1. The van der Waals surface area contributed by atoms with Gasteiger partial charge in [-0.15, -0.1) is 0 Å². The Bertz CT molecular complexity index is 384. The molecule has 0 aliphatic carbocycles. The Morgan fingerprint density at radius 3 is 1.90 bits per heavy atom. The number of carbonyl (C=O) groups is 2. The Hall–Kier alpha value is -1.57. The molecule has 0 saturated heterocycles. The second kappa shape index (κ2) is 7.88. The third-order valence-corrected chi connectivity index (χ3v) is 3.41. The Morgan fingerprint density at radius 2 is 1.60 bits per heavy atom. The minimum atomic E-state index is -1.52. The molecule has 0 radical (unpaired) electrons. The van der Waals surface area contributed by atoms with Crippen molar-refractivity contribution in [3.8, 4) is 6.07 Å². The molecule has 0 aromatic rings. The van der Waals surface area contributed by atoms with E-state index in [0.29, 0.717) is 0 Å². The summed E-state index contributed by atoms with van der Waals surface area (Å²) >= 11 is 0. The number of carbonyl (C=O) groups excluding carboxylic acids is 2. The first-order chi connectivity index (χ1) is 9.29. The highest BCUT2D eigenvalue weighted by Crippen LogP contribution is 2.41. The van der Waals surface area contributed by atoms with E-state index >= 15 is 0 Å². The van der Waals surface area contributed by atoms with E-state index in [1.54, 1.807) is 41.5 Å². The van der Waals surface area contributed by atoms with E-state index in [0.717, 1.165) is 0 Å². The van der Waals surface area contributed by atoms with Crippen LogP contribution in [0.3, 0.4) is 0 Å². The van der Waals surface area contributed by atoms with Gasteiger partial charge in [-0.25, -0.2) is 0 Å². The maximum absolute atomic E-state index is 12.3. The van der Waals surface area contributed by atoms with Crippen LogP contribution in [-0.2, 0) is 19.1 Å². The van der Waals surface area contributed by atoms with Crippen molar-refractivity contribution in [1.82, 2.24) is 0 Å². The standard InChI is InChI=1S/C15H25NO4/c1-7-19-13(17)12(10(3)4)15(9-16,11(5)6)14(18)20-8-2/h10-12H,7-8H2,1-6H3. The highest BCUT2D eigenvalue weighted by molar-refractivity contribution is 5.88. The number of nitriles is 1. The van der Waals surface area contributed by atoms with E-state index < -0.39 is 23.3 Å². The number of hydrogen-bond donors (Lipinski definition) is 0. The molecule has 5 heteroatoms. The van der Waals surface area contributed by atoms with Gasteiger partial charge in [-0.3, -0.25) is 9.59 Å². The van der Waals surface area contributed by atoms with E-state index in [-0.39, 0.29) is 25.0 Å². The van der Waals surface area contributed by atoms with Crippen molar-refractivity contribution in [3.05, 3.63) is 0 Å². The molecule has 0 amide bonds. The van der Waals surface area contributed by atoms with E-state index in [2.05, 4.69) is 0 Å². The predicted molar refractivity (Wildman–Crippen MR) is 74.5 cm³/mol. The highest BCUT2D eigenvalue weighted by atomic mass is 16.5. The lowest BCUT2D eigenvalue weighted by atomic mass is 9.64. The van der Waals surface area contributed by atoms with Crippen molar-refractivity contribution in [1.29, 1.82) is 5.26 Å². The van der Waals surface area contributed by atoms with Gasteiger partial charge < -0.3 is 9.47 Å². The first-order valence-electron chi connectivity index (χ1n) is 7.04. The SMILES string of the molecule is CCOC(=O)C(C(C)C)C(C#N)(C(=O)OCC)C(C)C. The van der Waals surface area contributed by atoms with Gasteiger partial charge in [-0.1, -0.05) is 27.7 Å². The van der Waals surface area contributed by atoms with Crippen LogP contribution >= 0.6 is 0 Å². The zero-order chi connectivity index (χ0) is 15.9. The molecule has 2 unspecified atom stereocenters. The van der Waals surface area contributed by atoms with Crippen LogP contribution in [0.4, 0.5) is 0 Å². The van der Waals surface area contributed by atoms with Gasteiger partial charge in [0.15, 0.2) is 5.41 Å². The molecule has 0 N–H and O–H groups in total. The fraction of sp³-hybridized carbons (Fsp3) is 0.800. The molecule has 0 heterocycles. The van der Waals surface area contributed by atoms with Crippen LogP contribution in [0.1, 0.15) is 41.5 Å². The molecule has 0 aliphatic rings. The van der Waals surface area contributed by atoms with Gasteiger partial charge in [0.25, 0.3) is 0 Å². The van der Waals surface area contributed by atoms with E-state index in [4.69, 9.17) is 9.47 Å². The normalized spacial score (nSPS) is 15.3. The quantitative estimate of drug-likeness (QED) is 0.671. The molecule has 0 bridgehead atoms. The first-order valence-corrected chi connectivity index (χ1v) is 7.04. The highest BCUT2D eigenvalue weighted by Gasteiger charge is 2.55. The van der Waals surface area contributed by atoms with Gasteiger partial charge in [0.1, 0.15) is 0 Å². The van der Waals surface area contributed by atoms with E-state index in [1.807, 2.05) is 6.07 Å². The lowest BCUT2D eigenvalue weighted by molar-refractivity contribution is -0.170. The second-order valence-electron chi connectivity index (χ2n) is 5.33. The lowest BCUT2D eigenvalue weighted by Crippen LogP contribution is -2.49. The van der Waals surface area contributed by atoms with Gasteiger partial charge >= 0.3 is 11.9 Å². The fourth-order valence-electron chi connectivity index (χ4n) is 2.43. The summed E-state index contributed by atoms with van der Waals surface area (Å²) in [7, 11) is 0. The molecule has 114 valence electrons. The Balaban J connectivity index is 5.85. The molecular weight excluding hydrogens is 258 g/mol. The third-order valence-electron chi connectivity index (χ3n) is 3.41. The van der Waals surface area contributed by atoms with Crippen molar-refractivity contribution in [2.45, 2.75) is 41.5 Å². The lowest BCUT2D eigenvalue weighted by Gasteiger charge is -2.36. The average molecular weight is 283 g/mol. The zero-order valence-corrected chi connectivity index (χ0v) is 13.2. The van der Waals surface area contributed by atoms with Crippen LogP contribution in [0.25, 0.3) is 0 Å². The smallest absolute Gasteiger partial charge is 0.327 e. The number of esters is 2. The zero-order valence-electron chi connectivity index (χ0n) is 13.2. The van der Waals surface area contributed by atoms with Crippen molar-refractivity contribution >= 4 is 11.9 Å². The average Bonchev–Trinajstić information content (AvgIpc) is 2.34. The minimum Gasteiger partial charge on any atom is -0.466 e. The molecule has 5 nitrogen and oxygen atoms in total. The monoisotopic (exact) mass is 283 g/mol. The summed E-state index contributed by atoms with van der Waals surface area (Å²) in [5.74, 6) is -2.58. The third kappa shape index (κ3) is 3.50. The predicted octanol–water partition coefficient (Wildman–Crippen LogP) is 2.55. The summed E-state index contributed by atoms with van der Waals surface area (Å²) in [5.41, 5.74) is -1.52. The Morgan fingerprint density at radius 1 is 1.10 bits per heavy atom. The van der Waals surface area contributed by atoms with Gasteiger partial charge in [0.2, 0.25) is 0 Å². The van der Waals surface area contributed by atoms with Crippen molar-refractivity contribution in [2.75, 3.05) is 13.2 Å². The molecule has 20 heavy (non-hydrogen) atoms. The summed E-state index contributed by atoms with van der Waals surface area (Å²) in [6.07, 6.45) is 0. The van der Waals surface area contributed by atoms with Crippen LogP contribution in [-0.4, -0.2) is 25.2 Å².